The van der Waals surface area contributed by atoms with Crippen molar-refractivity contribution in [1.82, 2.24) is 0 Å². The predicted molar refractivity (Wildman–Crippen MR) is 59.6 cm³/mol. The van der Waals surface area contributed by atoms with Gasteiger partial charge in [-0.05, 0) is 29.3 Å². The zero-order chi connectivity index (χ0) is 14.7. The molecule has 0 radical (unpaired) electrons. The minimum atomic E-state index is -5.35. The molecule has 12 heteroatoms. The van der Waals surface area contributed by atoms with Gasteiger partial charge in [0.2, 0.25) is 0 Å². The lowest BCUT2D eigenvalue weighted by atomic mass is 10.2. The molecule has 0 saturated carbocycles. The highest BCUT2D eigenvalue weighted by atomic mass is 32.3. The SMILES string of the molecule is [N-]=[N+]=Nc1cc(CS(=O)(=O)F)cc(OS(=O)(=O)F)c1. The highest BCUT2D eigenvalue weighted by molar-refractivity contribution is 7.85. The monoisotopic (exact) mass is 313 g/mol. The lowest BCUT2D eigenvalue weighted by Crippen LogP contribution is -2.02. The predicted octanol–water partition coefficient (Wildman–Crippen LogP) is 2.02. The normalized spacial score (nSPS) is 11.7. The summed E-state index contributed by atoms with van der Waals surface area (Å²) in [5.74, 6) is -1.75. The fourth-order valence-electron chi connectivity index (χ4n) is 1.20. The van der Waals surface area contributed by atoms with Gasteiger partial charge in [0.25, 0.3) is 0 Å². The van der Waals surface area contributed by atoms with Gasteiger partial charge in [0.15, 0.2) is 0 Å². The van der Waals surface area contributed by atoms with Crippen LogP contribution in [0.2, 0.25) is 0 Å². The van der Waals surface area contributed by atoms with Gasteiger partial charge >= 0.3 is 20.7 Å². The number of benzene rings is 1. The van der Waals surface area contributed by atoms with Crippen molar-refractivity contribution in [3.63, 3.8) is 0 Å². The summed E-state index contributed by atoms with van der Waals surface area (Å²) in [6.45, 7) is 0. The molecule has 0 aromatic heterocycles. The number of halogens is 2. The third-order valence-corrected chi connectivity index (χ3v) is 2.72. The summed E-state index contributed by atoms with van der Waals surface area (Å²) >= 11 is 0. The summed E-state index contributed by atoms with van der Waals surface area (Å²) in [7, 11) is -10.3. The standard InChI is InChI=1S/C7H5F2N3O5S2/c8-18(13,14)4-5-1-6(11-12-10)3-7(2-5)17-19(9,15)16/h1-3H,4H2. The van der Waals surface area contributed by atoms with Gasteiger partial charge in [0, 0.05) is 10.6 Å². The zero-order valence-corrected chi connectivity index (χ0v) is 10.5. The summed E-state index contributed by atoms with van der Waals surface area (Å²) in [4.78, 5) is 2.36. The Kier molecular flexibility index (Phi) is 4.29. The first-order valence-corrected chi connectivity index (χ1v) is 7.21. The van der Waals surface area contributed by atoms with Crippen molar-refractivity contribution in [2.24, 2.45) is 5.11 Å². The molecule has 1 aromatic carbocycles. The Morgan fingerprint density at radius 1 is 1.21 bits per heavy atom. The maximum absolute atomic E-state index is 12.5. The molecule has 104 valence electrons. The van der Waals surface area contributed by atoms with E-state index in [1.807, 2.05) is 0 Å². The molecule has 0 fully saturated rings. The summed E-state index contributed by atoms with van der Waals surface area (Å²) in [5, 5.41) is 3.05. The van der Waals surface area contributed by atoms with E-state index >= 15 is 0 Å². The van der Waals surface area contributed by atoms with Gasteiger partial charge in [-0.15, -0.1) is 3.89 Å². The van der Waals surface area contributed by atoms with Crippen molar-refractivity contribution in [3.8, 4) is 5.75 Å². The Hall–Kier alpha value is -1.91. The van der Waals surface area contributed by atoms with E-state index in [-0.39, 0.29) is 11.3 Å². The Morgan fingerprint density at radius 3 is 2.32 bits per heavy atom. The second-order valence-corrected chi connectivity index (χ2v) is 5.50. The van der Waals surface area contributed by atoms with Gasteiger partial charge in [-0.25, -0.2) is 0 Å². The van der Waals surface area contributed by atoms with Crippen molar-refractivity contribution < 1.29 is 28.8 Å². The van der Waals surface area contributed by atoms with E-state index in [9.17, 15) is 24.6 Å². The van der Waals surface area contributed by atoms with Crippen LogP contribution in [0.25, 0.3) is 10.4 Å². The molecular formula is C7H5F2N3O5S2. The molecule has 0 atom stereocenters. The van der Waals surface area contributed by atoms with E-state index < -0.39 is 32.2 Å². The van der Waals surface area contributed by atoms with Crippen molar-refractivity contribution in [2.45, 2.75) is 5.75 Å². The quantitative estimate of drug-likeness (QED) is 0.355. The van der Waals surface area contributed by atoms with Crippen LogP contribution in [-0.2, 0) is 26.5 Å². The van der Waals surface area contributed by atoms with E-state index in [1.165, 1.54) is 0 Å². The molecule has 0 amide bonds. The van der Waals surface area contributed by atoms with Crippen molar-refractivity contribution in [2.75, 3.05) is 0 Å². The van der Waals surface area contributed by atoms with Gasteiger partial charge < -0.3 is 4.18 Å². The number of rotatable bonds is 5. The molecule has 0 aliphatic carbocycles. The fraction of sp³-hybridized carbons (Fsp3) is 0.143. The molecule has 0 N–H and O–H groups in total. The molecule has 0 unspecified atom stereocenters. The summed E-state index contributed by atoms with van der Waals surface area (Å²) in [6, 6.07) is 2.60. The lowest BCUT2D eigenvalue weighted by molar-refractivity contribution is 0.440. The molecule has 0 aliphatic heterocycles. The first-order chi connectivity index (χ1) is 8.59. The number of hydrogen-bond donors (Lipinski definition) is 0. The van der Waals surface area contributed by atoms with Crippen molar-refractivity contribution >= 4 is 26.4 Å². The van der Waals surface area contributed by atoms with Crippen LogP contribution in [0, 0.1) is 0 Å². The van der Waals surface area contributed by atoms with E-state index in [0.717, 1.165) is 18.2 Å². The van der Waals surface area contributed by atoms with Crippen LogP contribution in [0.3, 0.4) is 0 Å². The van der Waals surface area contributed by atoms with E-state index in [4.69, 9.17) is 5.53 Å². The smallest absolute Gasteiger partial charge is 0.358 e. The first kappa shape index (κ1) is 15.1. The molecule has 0 spiro atoms. The Balaban J connectivity index is 3.29. The molecule has 0 heterocycles. The first-order valence-electron chi connectivity index (χ1n) is 4.34. The summed E-state index contributed by atoms with van der Waals surface area (Å²) in [6.07, 6.45) is 0. The third kappa shape index (κ3) is 5.99. The number of azide groups is 1. The summed E-state index contributed by atoms with van der Waals surface area (Å²) < 4.78 is 70.2. The van der Waals surface area contributed by atoms with Crippen LogP contribution in [0.15, 0.2) is 23.3 Å². The lowest BCUT2D eigenvalue weighted by Gasteiger charge is -2.04. The minimum absolute atomic E-state index is 0.262. The molecule has 0 saturated heterocycles. The molecule has 8 nitrogen and oxygen atoms in total. The number of hydrogen-bond acceptors (Lipinski definition) is 6. The minimum Gasteiger partial charge on any atom is -0.358 e. The Morgan fingerprint density at radius 2 is 1.84 bits per heavy atom. The van der Waals surface area contributed by atoms with E-state index in [2.05, 4.69) is 14.2 Å². The van der Waals surface area contributed by atoms with Gasteiger partial charge in [0.1, 0.15) is 11.5 Å². The molecule has 0 bridgehead atoms. The second-order valence-electron chi connectivity index (χ2n) is 3.18. The van der Waals surface area contributed by atoms with Gasteiger partial charge in [-0.2, -0.15) is 16.8 Å². The van der Waals surface area contributed by atoms with Crippen LogP contribution < -0.4 is 4.18 Å². The maximum Gasteiger partial charge on any atom is 0.488 e. The van der Waals surface area contributed by atoms with Crippen molar-refractivity contribution in [1.29, 1.82) is 0 Å². The van der Waals surface area contributed by atoms with Gasteiger partial charge in [-0.3, -0.25) is 0 Å². The molecule has 0 aliphatic rings. The fourth-order valence-corrected chi connectivity index (χ4v) is 2.09. The van der Waals surface area contributed by atoms with Crippen LogP contribution in [0.1, 0.15) is 5.56 Å². The average molecular weight is 313 g/mol. The van der Waals surface area contributed by atoms with Gasteiger partial charge in [0.05, 0.1) is 0 Å². The molecular weight excluding hydrogens is 308 g/mol. The largest absolute Gasteiger partial charge is 0.488 e. The van der Waals surface area contributed by atoms with E-state index in [1.54, 1.807) is 0 Å². The Bertz CT molecular complexity index is 688. The highest BCUT2D eigenvalue weighted by Gasteiger charge is 2.14. The second kappa shape index (κ2) is 5.38. The van der Waals surface area contributed by atoms with E-state index in [0.29, 0.717) is 0 Å². The topological polar surface area (TPSA) is 126 Å². The molecule has 1 rings (SSSR count). The average Bonchev–Trinajstić information content (AvgIpc) is 2.11. The van der Waals surface area contributed by atoms with Crippen molar-refractivity contribution in [3.05, 3.63) is 34.2 Å². The highest BCUT2D eigenvalue weighted by Crippen LogP contribution is 2.26. The maximum atomic E-state index is 12.5. The van der Waals surface area contributed by atoms with Crippen LogP contribution in [-0.4, -0.2) is 16.8 Å². The molecule has 1 aromatic rings. The van der Waals surface area contributed by atoms with Crippen LogP contribution in [0.4, 0.5) is 13.5 Å². The molecule has 19 heavy (non-hydrogen) atoms. The van der Waals surface area contributed by atoms with Gasteiger partial charge in [-0.1, -0.05) is 9.00 Å². The Labute approximate surface area is 106 Å². The van der Waals surface area contributed by atoms with Crippen LogP contribution >= 0.6 is 0 Å². The third-order valence-electron chi connectivity index (χ3n) is 1.65. The van der Waals surface area contributed by atoms with Crippen LogP contribution in [0.5, 0.6) is 5.75 Å². The zero-order valence-electron chi connectivity index (χ0n) is 8.89. The summed E-state index contributed by atoms with van der Waals surface area (Å²) in [5.41, 5.74) is 7.67. The number of nitrogens with zero attached hydrogens (tertiary/aromatic N) is 3.